The average molecular weight is 237 g/mol. The number of hydrogen-bond acceptors (Lipinski definition) is 2. The third-order valence-corrected chi connectivity index (χ3v) is 3.08. The number of aromatic hydroxyl groups is 1. The summed E-state index contributed by atoms with van der Waals surface area (Å²) in [6.45, 7) is 3.99. The fourth-order valence-corrected chi connectivity index (χ4v) is 2.29. The molecule has 0 bridgehead atoms. The number of halogens is 2. The zero-order valence-electron chi connectivity index (χ0n) is 7.31. The molecule has 13 heavy (non-hydrogen) atoms. The standard InChI is InChI=1S/C9H10Cl2OS/c1-4(2)7-5(10)3-6(12)8(11)9(7)13/h3-4,12-13H,1-2H3. The van der Waals surface area contributed by atoms with Gasteiger partial charge in [-0.3, -0.25) is 0 Å². The van der Waals surface area contributed by atoms with Crippen LogP contribution in [0.15, 0.2) is 11.0 Å². The number of phenols is 1. The van der Waals surface area contributed by atoms with Crippen LogP contribution in [0.2, 0.25) is 10.0 Å². The van der Waals surface area contributed by atoms with Crippen molar-refractivity contribution >= 4 is 35.8 Å². The zero-order chi connectivity index (χ0) is 10.2. The SMILES string of the molecule is CC(C)c1c(Cl)cc(O)c(Cl)c1S. The van der Waals surface area contributed by atoms with E-state index in [2.05, 4.69) is 12.6 Å². The summed E-state index contributed by atoms with van der Waals surface area (Å²) in [5, 5.41) is 10.1. The molecule has 1 nitrogen and oxygen atoms in total. The van der Waals surface area contributed by atoms with Crippen molar-refractivity contribution < 1.29 is 5.11 Å². The summed E-state index contributed by atoms with van der Waals surface area (Å²) in [4.78, 5) is 0.557. The number of benzene rings is 1. The molecule has 1 aromatic carbocycles. The Kier molecular flexibility index (Phi) is 3.38. The average Bonchev–Trinajstić information content (AvgIpc) is 1.99. The lowest BCUT2D eigenvalue weighted by Crippen LogP contribution is -1.92. The molecule has 0 heterocycles. The summed E-state index contributed by atoms with van der Waals surface area (Å²) in [5.41, 5.74) is 0.868. The maximum Gasteiger partial charge on any atom is 0.136 e. The van der Waals surface area contributed by atoms with E-state index in [1.165, 1.54) is 6.07 Å². The third-order valence-electron chi connectivity index (χ3n) is 1.79. The molecule has 0 saturated carbocycles. The maximum atomic E-state index is 9.32. The molecule has 0 amide bonds. The van der Waals surface area contributed by atoms with Crippen LogP contribution in [0, 0.1) is 0 Å². The highest BCUT2D eigenvalue weighted by atomic mass is 35.5. The lowest BCUT2D eigenvalue weighted by molar-refractivity contribution is 0.473. The number of thiol groups is 1. The Labute approximate surface area is 93.1 Å². The fourth-order valence-electron chi connectivity index (χ4n) is 1.16. The Hall–Kier alpha value is -0.0500. The molecule has 1 N–H and O–H groups in total. The molecule has 0 unspecified atom stereocenters. The highest BCUT2D eigenvalue weighted by Gasteiger charge is 2.15. The summed E-state index contributed by atoms with van der Waals surface area (Å²) in [7, 11) is 0. The van der Waals surface area contributed by atoms with E-state index < -0.39 is 0 Å². The largest absolute Gasteiger partial charge is 0.506 e. The molecule has 0 aliphatic rings. The van der Waals surface area contributed by atoms with Crippen LogP contribution in [-0.2, 0) is 0 Å². The molecule has 1 rings (SSSR count). The molecule has 0 spiro atoms. The minimum absolute atomic E-state index is 0.0268. The second-order valence-corrected chi connectivity index (χ2v) is 4.34. The van der Waals surface area contributed by atoms with Gasteiger partial charge in [-0.2, -0.15) is 0 Å². The van der Waals surface area contributed by atoms with Crippen LogP contribution >= 0.6 is 35.8 Å². The quantitative estimate of drug-likeness (QED) is 0.704. The smallest absolute Gasteiger partial charge is 0.136 e. The van der Waals surface area contributed by atoms with Crippen molar-refractivity contribution in [1.29, 1.82) is 0 Å². The highest BCUT2D eigenvalue weighted by molar-refractivity contribution is 7.80. The van der Waals surface area contributed by atoms with Gasteiger partial charge in [-0.25, -0.2) is 0 Å². The summed E-state index contributed by atoms with van der Waals surface area (Å²) in [6, 6.07) is 1.44. The van der Waals surface area contributed by atoms with Crippen molar-refractivity contribution in [3.05, 3.63) is 21.7 Å². The third kappa shape index (κ3) is 2.06. The molecule has 0 radical (unpaired) electrons. The Morgan fingerprint density at radius 1 is 1.38 bits per heavy atom. The number of phenolic OH excluding ortho intramolecular Hbond substituents is 1. The van der Waals surface area contributed by atoms with Crippen molar-refractivity contribution in [3.8, 4) is 5.75 Å². The van der Waals surface area contributed by atoms with Gasteiger partial charge in [-0.05, 0) is 11.5 Å². The first-order valence-corrected chi connectivity index (χ1v) is 5.05. The molecular weight excluding hydrogens is 227 g/mol. The predicted molar refractivity (Wildman–Crippen MR) is 59.5 cm³/mol. The van der Waals surface area contributed by atoms with Gasteiger partial charge in [0.2, 0.25) is 0 Å². The van der Waals surface area contributed by atoms with Crippen molar-refractivity contribution in [2.75, 3.05) is 0 Å². The second kappa shape index (κ2) is 3.99. The topological polar surface area (TPSA) is 20.2 Å². The van der Waals surface area contributed by atoms with E-state index in [9.17, 15) is 5.11 Å². The van der Waals surface area contributed by atoms with Crippen LogP contribution in [0.3, 0.4) is 0 Å². The van der Waals surface area contributed by atoms with E-state index in [4.69, 9.17) is 23.2 Å². The van der Waals surface area contributed by atoms with Crippen LogP contribution in [0.4, 0.5) is 0 Å². The van der Waals surface area contributed by atoms with Gasteiger partial charge in [-0.15, -0.1) is 12.6 Å². The van der Waals surface area contributed by atoms with Crippen molar-refractivity contribution in [2.45, 2.75) is 24.7 Å². The van der Waals surface area contributed by atoms with Crippen LogP contribution in [0.1, 0.15) is 25.3 Å². The summed E-state index contributed by atoms with van der Waals surface area (Å²) < 4.78 is 0. The summed E-state index contributed by atoms with van der Waals surface area (Å²) in [6.07, 6.45) is 0. The first kappa shape index (κ1) is 11.0. The molecule has 0 aromatic heterocycles. The van der Waals surface area contributed by atoms with E-state index >= 15 is 0 Å². The second-order valence-electron chi connectivity index (χ2n) is 3.11. The van der Waals surface area contributed by atoms with Crippen molar-refractivity contribution in [1.82, 2.24) is 0 Å². The maximum absolute atomic E-state index is 9.32. The van der Waals surface area contributed by atoms with E-state index in [1.807, 2.05) is 13.8 Å². The minimum Gasteiger partial charge on any atom is -0.506 e. The molecule has 72 valence electrons. The molecule has 4 heteroatoms. The Morgan fingerprint density at radius 3 is 2.38 bits per heavy atom. The molecule has 0 saturated heterocycles. The Morgan fingerprint density at radius 2 is 1.92 bits per heavy atom. The number of rotatable bonds is 1. The molecule has 1 aromatic rings. The summed E-state index contributed by atoms with van der Waals surface area (Å²) in [5.74, 6) is 0.208. The first-order valence-electron chi connectivity index (χ1n) is 3.85. The van der Waals surface area contributed by atoms with Crippen LogP contribution < -0.4 is 0 Å². The van der Waals surface area contributed by atoms with Gasteiger partial charge in [0.1, 0.15) is 5.75 Å². The van der Waals surface area contributed by atoms with Crippen LogP contribution in [-0.4, -0.2) is 5.11 Å². The van der Waals surface area contributed by atoms with Gasteiger partial charge >= 0.3 is 0 Å². The highest BCUT2D eigenvalue weighted by Crippen LogP contribution is 2.40. The summed E-state index contributed by atoms with van der Waals surface area (Å²) >= 11 is 16.0. The van der Waals surface area contributed by atoms with Gasteiger partial charge in [0.05, 0.1) is 5.02 Å². The van der Waals surface area contributed by atoms with Crippen molar-refractivity contribution in [2.24, 2.45) is 0 Å². The van der Waals surface area contributed by atoms with Gasteiger partial charge in [0, 0.05) is 16.0 Å². The molecular formula is C9H10Cl2OS. The molecule has 0 aliphatic heterocycles. The zero-order valence-corrected chi connectivity index (χ0v) is 9.71. The normalized spacial score (nSPS) is 10.9. The minimum atomic E-state index is -0.0268. The first-order chi connectivity index (χ1) is 5.95. The van der Waals surface area contributed by atoms with Gasteiger partial charge in [0.15, 0.2) is 0 Å². The molecule has 0 atom stereocenters. The predicted octanol–water partition coefficient (Wildman–Crippen LogP) is 4.11. The molecule has 0 aliphatic carbocycles. The van der Waals surface area contributed by atoms with Crippen molar-refractivity contribution in [3.63, 3.8) is 0 Å². The van der Waals surface area contributed by atoms with E-state index in [0.717, 1.165) is 5.56 Å². The Balaban J connectivity index is 3.44. The van der Waals surface area contributed by atoms with Gasteiger partial charge in [-0.1, -0.05) is 37.0 Å². The lowest BCUT2D eigenvalue weighted by atomic mass is 10.0. The van der Waals surface area contributed by atoms with E-state index in [1.54, 1.807) is 0 Å². The number of hydrogen-bond donors (Lipinski definition) is 2. The van der Waals surface area contributed by atoms with E-state index in [0.29, 0.717) is 9.92 Å². The van der Waals surface area contributed by atoms with Gasteiger partial charge in [0.25, 0.3) is 0 Å². The monoisotopic (exact) mass is 236 g/mol. The van der Waals surface area contributed by atoms with E-state index in [-0.39, 0.29) is 16.7 Å². The lowest BCUT2D eigenvalue weighted by Gasteiger charge is -2.13. The van der Waals surface area contributed by atoms with Gasteiger partial charge < -0.3 is 5.11 Å². The van der Waals surface area contributed by atoms with Crippen LogP contribution in [0.5, 0.6) is 5.75 Å². The molecule has 0 fully saturated rings. The van der Waals surface area contributed by atoms with Crippen LogP contribution in [0.25, 0.3) is 0 Å². The Bertz CT molecular complexity index is 337. The fraction of sp³-hybridized carbons (Fsp3) is 0.333.